The van der Waals surface area contributed by atoms with Crippen LogP contribution in [0, 0.1) is 11.8 Å². The van der Waals surface area contributed by atoms with Gasteiger partial charge in [0.2, 0.25) is 0 Å². The molecule has 0 aromatic heterocycles. The van der Waals surface area contributed by atoms with Gasteiger partial charge in [0.15, 0.2) is 0 Å². The van der Waals surface area contributed by atoms with E-state index in [4.69, 9.17) is 0 Å². The maximum atomic E-state index is 3.89. The minimum absolute atomic E-state index is 0.262. The second-order valence-corrected chi connectivity index (χ2v) is 5.26. The fourth-order valence-electron chi connectivity index (χ4n) is 2.82. The van der Waals surface area contributed by atoms with Crippen LogP contribution in [0.25, 0.3) is 0 Å². The zero-order valence-electron chi connectivity index (χ0n) is 12.1. The highest BCUT2D eigenvalue weighted by Gasteiger charge is 2.23. The molecule has 1 atom stereocenters. The molecule has 3 rings (SSSR count). The van der Waals surface area contributed by atoms with Crippen molar-refractivity contribution in [2.75, 3.05) is 11.4 Å². The van der Waals surface area contributed by atoms with Gasteiger partial charge in [0.1, 0.15) is 0 Å². The number of rotatable bonds is 2. The van der Waals surface area contributed by atoms with Crippen LogP contribution in [0.15, 0.2) is 67.3 Å². The average Bonchev–Trinajstić information content (AvgIpc) is 2.55. The van der Waals surface area contributed by atoms with E-state index in [2.05, 4.69) is 59.7 Å². The highest BCUT2D eigenvalue weighted by atomic mass is 15.2. The lowest BCUT2D eigenvalue weighted by molar-refractivity contribution is 0.641. The fraction of sp³-hybridized carbons (Fsp3) is 0.200. The lowest BCUT2D eigenvalue weighted by Crippen LogP contribution is -2.38. The maximum Gasteiger partial charge on any atom is 0.0914 e. The molecule has 0 spiro atoms. The minimum Gasteiger partial charge on any atom is -0.354 e. The van der Waals surface area contributed by atoms with E-state index in [-0.39, 0.29) is 6.04 Å². The van der Waals surface area contributed by atoms with Crippen molar-refractivity contribution in [2.45, 2.75) is 18.9 Å². The zero-order chi connectivity index (χ0) is 14.5. The Kier molecular flexibility index (Phi) is 4.07. The quantitative estimate of drug-likeness (QED) is 0.589. The summed E-state index contributed by atoms with van der Waals surface area (Å²) in [5, 5.41) is 0. The number of nitrogens with zero attached hydrogens (tertiary/aromatic N) is 1. The van der Waals surface area contributed by atoms with Crippen LogP contribution in [0.5, 0.6) is 0 Å². The predicted octanol–water partition coefficient (Wildman–Crippen LogP) is 4.05. The van der Waals surface area contributed by atoms with Crippen molar-refractivity contribution in [3.63, 3.8) is 0 Å². The van der Waals surface area contributed by atoms with Gasteiger partial charge in [-0.2, -0.15) is 0 Å². The Balaban J connectivity index is 1.89. The summed E-state index contributed by atoms with van der Waals surface area (Å²) in [5.74, 6) is 6.75. The standard InChI is InChI=1S/C20H19N/c1-2-16-21-19(14-12-17-8-4-3-5-9-17)15-13-18-10-6-7-11-20(18)21/h2-11,19H,1,13,15-16H2. The summed E-state index contributed by atoms with van der Waals surface area (Å²) < 4.78 is 0. The fourth-order valence-corrected chi connectivity index (χ4v) is 2.82. The predicted molar refractivity (Wildman–Crippen MR) is 89.4 cm³/mol. The first-order valence-corrected chi connectivity index (χ1v) is 7.40. The largest absolute Gasteiger partial charge is 0.354 e. The number of fused-ring (bicyclic) bond motifs is 1. The first-order chi connectivity index (χ1) is 10.4. The Bertz CT molecular complexity index is 676. The van der Waals surface area contributed by atoms with E-state index in [1.54, 1.807) is 0 Å². The Morgan fingerprint density at radius 3 is 2.67 bits per heavy atom. The Labute approximate surface area is 126 Å². The van der Waals surface area contributed by atoms with Crippen LogP contribution < -0.4 is 4.90 Å². The third-order valence-corrected chi connectivity index (χ3v) is 3.85. The van der Waals surface area contributed by atoms with Crippen molar-refractivity contribution >= 4 is 5.69 Å². The van der Waals surface area contributed by atoms with Gasteiger partial charge >= 0.3 is 0 Å². The molecular formula is C20H19N. The van der Waals surface area contributed by atoms with Crippen LogP contribution in [0.1, 0.15) is 17.5 Å². The molecule has 104 valence electrons. The van der Waals surface area contributed by atoms with Crippen LogP contribution in [0.3, 0.4) is 0 Å². The Hall–Kier alpha value is -2.46. The number of para-hydroxylation sites is 1. The molecule has 1 aliphatic rings. The third-order valence-electron chi connectivity index (χ3n) is 3.85. The SMILES string of the molecule is C=CCN1c2ccccc2CCC1C#Cc1ccccc1. The highest BCUT2D eigenvalue weighted by molar-refractivity contribution is 5.58. The van der Waals surface area contributed by atoms with Gasteiger partial charge in [0.05, 0.1) is 6.04 Å². The molecule has 21 heavy (non-hydrogen) atoms. The third kappa shape index (κ3) is 3.01. The van der Waals surface area contributed by atoms with Gasteiger partial charge < -0.3 is 4.90 Å². The summed E-state index contributed by atoms with van der Waals surface area (Å²) >= 11 is 0. The molecule has 0 saturated carbocycles. The Morgan fingerprint density at radius 1 is 1.10 bits per heavy atom. The van der Waals surface area contributed by atoms with E-state index in [0.29, 0.717) is 0 Å². The maximum absolute atomic E-state index is 3.89. The molecule has 0 amide bonds. The van der Waals surface area contributed by atoms with E-state index < -0.39 is 0 Å². The molecule has 0 aliphatic carbocycles. The van der Waals surface area contributed by atoms with Crippen LogP contribution in [-0.2, 0) is 6.42 Å². The second-order valence-electron chi connectivity index (χ2n) is 5.26. The van der Waals surface area contributed by atoms with Crippen molar-refractivity contribution in [3.8, 4) is 11.8 Å². The summed E-state index contributed by atoms with van der Waals surface area (Å²) in [5.41, 5.74) is 3.79. The first-order valence-electron chi connectivity index (χ1n) is 7.40. The molecule has 1 unspecified atom stereocenters. The van der Waals surface area contributed by atoms with Crippen molar-refractivity contribution in [3.05, 3.63) is 78.4 Å². The number of hydrogen-bond donors (Lipinski definition) is 0. The van der Waals surface area contributed by atoms with Gasteiger partial charge in [0.25, 0.3) is 0 Å². The molecule has 1 nitrogen and oxygen atoms in total. The van der Waals surface area contributed by atoms with E-state index >= 15 is 0 Å². The number of anilines is 1. The van der Waals surface area contributed by atoms with Gasteiger partial charge in [-0.3, -0.25) is 0 Å². The first kappa shape index (κ1) is 13.5. The molecule has 0 saturated heterocycles. The highest BCUT2D eigenvalue weighted by Crippen LogP contribution is 2.30. The lowest BCUT2D eigenvalue weighted by Gasteiger charge is -2.35. The Morgan fingerprint density at radius 2 is 1.86 bits per heavy atom. The van der Waals surface area contributed by atoms with Crippen LogP contribution in [0.2, 0.25) is 0 Å². The van der Waals surface area contributed by atoms with E-state index in [0.717, 1.165) is 24.9 Å². The van der Waals surface area contributed by atoms with Gasteiger partial charge in [0, 0.05) is 17.8 Å². The van der Waals surface area contributed by atoms with Gasteiger partial charge in [-0.1, -0.05) is 54.3 Å². The van der Waals surface area contributed by atoms with Gasteiger partial charge in [-0.05, 0) is 36.6 Å². The summed E-state index contributed by atoms with van der Waals surface area (Å²) in [6.45, 7) is 4.73. The second kappa shape index (κ2) is 6.33. The topological polar surface area (TPSA) is 3.24 Å². The van der Waals surface area contributed by atoms with Crippen LogP contribution in [-0.4, -0.2) is 12.6 Å². The lowest BCUT2D eigenvalue weighted by atomic mass is 9.95. The van der Waals surface area contributed by atoms with E-state index in [1.165, 1.54) is 11.3 Å². The molecule has 0 bridgehead atoms. The van der Waals surface area contributed by atoms with Crippen molar-refractivity contribution in [1.82, 2.24) is 0 Å². The van der Waals surface area contributed by atoms with E-state index in [1.807, 2.05) is 24.3 Å². The monoisotopic (exact) mass is 273 g/mol. The number of aryl methyl sites for hydroxylation is 1. The molecule has 1 aliphatic heterocycles. The molecule has 0 N–H and O–H groups in total. The number of benzene rings is 2. The summed E-state index contributed by atoms with van der Waals surface area (Å²) in [7, 11) is 0. The summed E-state index contributed by atoms with van der Waals surface area (Å²) in [6.07, 6.45) is 4.13. The molecule has 2 aromatic carbocycles. The number of hydrogen-bond acceptors (Lipinski definition) is 1. The normalized spacial score (nSPS) is 16.6. The molecule has 1 heterocycles. The molecule has 0 fully saturated rings. The molecular weight excluding hydrogens is 254 g/mol. The van der Waals surface area contributed by atoms with E-state index in [9.17, 15) is 0 Å². The summed E-state index contributed by atoms with van der Waals surface area (Å²) in [6, 6.07) is 19.1. The summed E-state index contributed by atoms with van der Waals surface area (Å²) in [4.78, 5) is 2.36. The molecule has 0 radical (unpaired) electrons. The van der Waals surface area contributed by atoms with Gasteiger partial charge in [-0.25, -0.2) is 0 Å². The minimum atomic E-state index is 0.262. The van der Waals surface area contributed by atoms with Gasteiger partial charge in [-0.15, -0.1) is 6.58 Å². The smallest absolute Gasteiger partial charge is 0.0914 e. The average molecular weight is 273 g/mol. The van der Waals surface area contributed by atoms with Crippen molar-refractivity contribution < 1.29 is 0 Å². The van der Waals surface area contributed by atoms with Crippen molar-refractivity contribution in [2.24, 2.45) is 0 Å². The molecule has 2 aromatic rings. The van der Waals surface area contributed by atoms with Crippen LogP contribution in [0.4, 0.5) is 5.69 Å². The van der Waals surface area contributed by atoms with Crippen molar-refractivity contribution in [1.29, 1.82) is 0 Å². The van der Waals surface area contributed by atoms with Crippen LogP contribution >= 0.6 is 0 Å². The molecule has 1 heteroatoms. The zero-order valence-corrected chi connectivity index (χ0v) is 12.1.